The minimum Gasteiger partial charge on any atom is -0.507 e. The van der Waals surface area contributed by atoms with Crippen molar-refractivity contribution in [2.45, 2.75) is 50.4 Å². The molecule has 3 aromatic carbocycles. The zero-order chi connectivity index (χ0) is 41.2. The number of hydrogen-bond acceptors (Lipinski definition) is 13. The number of imide groups is 2. The van der Waals surface area contributed by atoms with Gasteiger partial charge in [0, 0.05) is 94.3 Å². The molecule has 3 atom stereocenters. The fourth-order valence-electron chi connectivity index (χ4n) is 9.95. The van der Waals surface area contributed by atoms with Gasteiger partial charge in [0.2, 0.25) is 17.7 Å². The highest BCUT2D eigenvalue weighted by Crippen LogP contribution is 2.40. The number of nitrogen functional groups attached to an aromatic ring is 1. The molecule has 6 aliphatic heterocycles. The average molecular weight is 811 g/mol. The zero-order valence-corrected chi connectivity index (χ0v) is 33.1. The third-order valence-electron chi connectivity index (χ3n) is 13.1. The van der Waals surface area contributed by atoms with Gasteiger partial charge in [-0.05, 0) is 73.4 Å². The van der Waals surface area contributed by atoms with E-state index in [0.29, 0.717) is 55.3 Å². The van der Waals surface area contributed by atoms with Gasteiger partial charge in [0.1, 0.15) is 11.8 Å². The van der Waals surface area contributed by atoms with Crippen molar-refractivity contribution in [1.29, 1.82) is 0 Å². The number of nitrogens with zero attached hydrogens (tertiary/aromatic N) is 8. The van der Waals surface area contributed by atoms with E-state index in [9.17, 15) is 29.1 Å². The van der Waals surface area contributed by atoms with Gasteiger partial charge >= 0.3 is 0 Å². The highest BCUT2D eigenvalue weighted by atomic mass is 16.3. The van der Waals surface area contributed by atoms with E-state index < -0.39 is 29.7 Å². The molecule has 4 aromatic rings. The Kier molecular flexibility index (Phi) is 9.38. The van der Waals surface area contributed by atoms with Crippen molar-refractivity contribution in [2.24, 2.45) is 5.92 Å². The molecule has 16 heteroatoms. The van der Waals surface area contributed by atoms with E-state index in [2.05, 4.69) is 54.5 Å². The molecule has 16 nitrogen and oxygen atoms in total. The maximum Gasteiger partial charge on any atom is 0.262 e. The number of carbonyl (C=O) groups is 5. The second-order valence-electron chi connectivity index (χ2n) is 16.8. The molecule has 5 fully saturated rings. The lowest BCUT2D eigenvalue weighted by atomic mass is 9.96. The minimum atomic E-state index is -1.01. The first-order valence-electron chi connectivity index (χ1n) is 20.7. The first-order valence-corrected chi connectivity index (χ1v) is 20.7. The van der Waals surface area contributed by atoms with E-state index in [1.54, 1.807) is 30.3 Å². The molecule has 10 rings (SSSR count). The van der Waals surface area contributed by atoms with Crippen LogP contribution in [0.4, 0.5) is 22.9 Å². The van der Waals surface area contributed by atoms with Crippen molar-refractivity contribution in [2.75, 3.05) is 72.8 Å². The van der Waals surface area contributed by atoms with E-state index in [-0.39, 0.29) is 41.5 Å². The van der Waals surface area contributed by atoms with Crippen molar-refractivity contribution in [3.63, 3.8) is 0 Å². The summed E-state index contributed by atoms with van der Waals surface area (Å²) in [5.41, 5.74) is 12.1. The first kappa shape index (κ1) is 37.7. The number of anilines is 4. The Hall–Kier alpha value is -6.55. The number of aromatic hydroxyl groups is 1. The van der Waals surface area contributed by atoms with Crippen LogP contribution in [0, 0.1) is 5.92 Å². The number of phenolic OH excluding ortho intramolecular Hbond substituents is 1. The molecule has 0 aliphatic carbocycles. The number of amides is 5. The zero-order valence-electron chi connectivity index (χ0n) is 33.1. The molecule has 7 heterocycles. The molecule has 0 saturated carbocycles. The molecule has 2 bridgehead atoms. The topological polar surface area (TPSA) is 189 Å². The van der Waals surface area contributed by atoms with Crippen molar-refractivity contribution in [3.05, 3.63) is 89.5 Å². The number of benzene rings is 3. The first-order chi connectivity index (χ1) is 29.1. The summed E-state index contributed by atoms with van der Waals surface area (Å²) in [5.74, 6) is -1.60. The second-order valence-corrected chi connectivity index (χ2v) is 16.8. The molecule has 1 aromatic heterocycles. The predicted octanol–water partition coefficient (Wildman–Crippen LogP) is 2.47. The molecule has 5 saturated heterocycles. The van der Waals surface area contributed by atoms with Crippen LogP contribution in [0.15, 0.2) is 72.8 Å². The van der Waals surface area contributed by atoms with E-state index in [4.69, 9.17) is 5.73 Å². The Balaban J connectivity index is 0.720. The quantitative estimate of drug-likeness (QED) is 0.221. The number of phenols is 1. The summed E-state index contributed by atoms with van der Waals surface area (Å²) in [6.45, 7) is 6.34. The Labute approximate surface area is 346 Å². The Morgan fingerprint density at radius 2 is 1.50 bits per heavy atom. The van der Waals surface area contributed by atoms with E-state index >= 15 is 0 Å². The number of rotatable bonds is 8. The van der Waals surface area contributed by atoms with Crippen LogP contribution >= 0.6 is 0 Å². The normalized spacial score (nSPS) is 23.3. The van der Waals surface area contributed by atoms with E-state index in [1.165, 1.54) is 11.3 Å². The monoisotopic (exact) mass is 810 g/mol. The molecule has 6 aliphatic rings. The lowest BCUT2D eigenvalue weighted by Gasteiger charge is -2.44. The van der Waals surface area contributed by atoms with Crippen LogP contribution in [-0.2, 0) is 20.9 Å². The molecule has 308 valence electrons. The van der Waals surface area contributed by atoms with Gasteiger partial charge in [0.25, 0.3) is 11.8 Å². The Morgan fingerprint density at radius 1 is 0.750 bits per heavy atom. The molecular weight excluding hydrogens is 765 g/mol. The molecule has 3 unspecified atom stereocenters. The van der Waals surface area contributed by atoms with Gasteiger partial charge in [0.05, 0.1) is 28.4 Å². The van der Waals surface area contributed by atoms with Crippen molar-refractivity contribution in [1.82, 2.24) is 30.2 Å². The van der Waals surface area contributed by atoms with Crippen LogP contribution in [0.3, 0.4) is 0 Å². The molecule has 0 radical (unpaired) electrons. The van der Waals surface area contributed by atoms with Crippen LogP contribution in [0.25, 0.3) is 11.3 Å². The third-order valence-corrected chi connectivity index (χ3v) is 13.1. The molecular formula is C44H46N10O6. The number of nitrogens with two attached hydrogens (primary N) is 1. The largest absolute Gasteiger partial charge is 0.507 e. The summed E-state index contributed by atoms with van der Waals surface area (Å²) in [7, 11) is 0. The average Bonchev–Trinajstić information content (AvgIpc) is 3.64. The van der Waals surface area contributed by atoms with Crippen LogP contribution < -0.4 is 25.8 Å². The lowest BCUT2D eigenvalue weighted by molar-refractivity contribution is -0.138. The number of hydrogen-bond donors (Lipinski definition) is 3. The van der Waals surface area contributed by atoms with Crippen LogP contribution in [0.2, 0.25) is 0 Å². The van der Waals surface area contributed by atoms with Crippen molar-refractivity contribution < 1.29 is 29.1 Å². The van der Waals surface area contributed by atoms with Crippen LogP contribution in [0.1, 0.15) is 52.0 Å². The maximum atomic E-state index is 13.6. The molecule has 4 N–H and O–H groups in total. The third kappa shape index (κ3) is 6.64. The summed E-state index contributed by atoms with van der Waals surface area (Å²) in [6.07, 6.45) is 2.35. The summed E-state index contributed by atoms with van der Waals surface area (Å²) in [5, 5.41) is 21.2. The summed E-state index contributed by atoms with van der Waals surface area (Å²) in [4.78, 5) is 76.3. The van der Waals surface area contributed by atoms with E-state index in [1.807, 2.05) is 28.0 Å². The van der Waals surface area contributed by atoms with Gasteiger partial charge < -0.3 is 30.4 Å². The predicted molar refractivity (Wildman–Crippen MR) is 222 cm³/mol. The number of fused-ring (bicyclic) bond motifs is 3. The van der Waals surface area contributed by atoms with Gasteiger partial charge in [0.15, 0.2) is 5.82 Å². The number of piperazine rings is 2. The van der Waals surface area contributed by atoms with Crippen molar-refractivity contribution >= 4 is 52.4 Å². The number of piperidine rings is 1. The fraction of sp³-hybridized carbons (Fsp3) is 0.386. The number of para-hydroxylation sites is 1. The van der Waals surface area contributed by atoms with Gasteiger partial charge in [-0.3, -0.25) is 39.1 Å². The van der Waals surface area contributed by atoms with Crippen LogP contribution in [-0.4, -0.2) is 130 Å². The standard InChI is InChI=1S/C44H46N10O6/c45-40-37(20-35(47-48-40)33-6-1-2-7-38(33)55)52-24-30-8-9-31(25-52)53(30)29-5-3-4-26(18-29)21-49-14-16-50(17-15-49)42(58)27-22-51(23-27)28-10-11-32-34(19-28)44(60)54(43(32)59)36-12-13-39(56)46-41(36)57/h1-7,10-11,18-20,27,30-31,36,55H,8-9,12-17,21-25H2,(H2,45,48)(H,46,56,57). The highest BCUT2D eigenvalue weighted by Gasteiger charge is 2.46. The Bertz CT molecular complexity index is 2420. The highest BCUT2D eigenvalue weighted by molar-refractivity contribution is 6.23. The number of nitrogens with one attached hydrogen (secondary N) is 1. The van der Waals surface area contributed by atoms with Crippen molar-refractivity contribution in [3.8, 4) is 17.0 Å². The summed E-state index contributed by atoms with van der Waals surface area (Å²) >= 11 is 0. The summed E-state index contributed by atoms with van der Waals surface area (Å²) < 4.78 is 0. The second kappa shape index (κ2) is 14.9. The smallest absolute Gasteiger partial charge is 0.262 e. The number of carbonyl (C=O) groups excluding carboxylic acids is 5. The Morgan fingerprint density at radius 3 is 2.25 bits per heavy atom. The molecule has 60 heavy (non-hydrogen) atoms. The van der Waals surface area contributed by atoms with E-state index in [0.717, 1.165) is 61.8 Å². The van der Waals surface area contributed by atoms with Gasteiger partial charge in [-0.2, -0.15) is 0 Å². The summed E-state index contributed by atoms with van der Waals surface area (Å²) in [6, 6.07) is 22.6. The van der Waals surface area contributed by atoms with Gasteiger partial charge in [-0.1, -0.05) is 24.3 Å². The fourth-order valence-corrected chi connectivity index (χ4v) is 9.95. The van der Waals surface area contributed by atoms with Crippen LogP contribution in [0.5, 0.6) is 5.75 Å². The number of aromatic nitrogens is 2. The SMILES string of the molecule is Nc1nnc(-c2ccccc2O)cc1N1CC2CCC(C1)N2c1cccc(CN2CCN(C(=O)C3CN(c4ccc5c(c4)C(=O)N(C4CCC(=O)NC4=O)C5=O)C3)CC2)c1. The molecule has 5 amide bonds. The van der Waals surface area contributed by atoms with Gasteiger partial charge in [-0.15, -0.1) is 10.2 Å². The molecule has 0 spiro atoms. The lowest BCUT2D eigenvalue weighted by Crippen LogP contribution is -2.58. The minimum absolute atomic E-state index is 0.0667. The van der Waals surface area contributed by atoms with Gasteiger partial charge in [-0.25, -0.2) is 0 Å². The maximum absolute atomic E-state index is 13.6.